The van der Waals surface area contributed by atoms with Crippen LogP contribution in [0.15, 0.2) is 47.8 Å². The SMILES string of the molecule is O=C(Nc1ccc2nscc2c1)N1CCC(N2CCc3ccccc32)CC1. The fraction of sp³-hybridized carbons (Fsp3) is 0.333. The summed E-state index contributed by atoms with van der Waals surface area (Å²) in [5.41, 5.74) is 4.65. The maximum atomic E-state index is 12.7. The minimum Gasteiger partial charge on any atom is -0.368 e. The summed E-state index contributed by atoms with van der Waals surface area (Å²) in [6, 6.07) is 15.1. The van der Waals surface area contributed by atoms with E-state index in [1.165, 1.54) is 22.8 Å². The molecule has 27 heavy (non-hydrogen) atoms. The Morgan fingerprint density at radius 2 is 1.96 bits per heavy atom. The number of piperidine rings is 1. The van der Waals surface area contributed by atoms with Gasteiger partial charge in [0.1, 0.15) is 0 Å². The van der Waals surface area contributed by atoms with Gasteiger partial charge in [0.15, 0.2) is 0 Å². The van der Waals surface area contributed by atoms with Crippen LogP contribution in [0.3, 0.4) is 0 Å². The fourth-order valence-corrected chi connectivity index (χ4v) is 4.91. The van der Waals surface area contributed by atoms with E-state index in [1.54, 1.807) is 0 Å². The first-order valence-corrected chi connectivity index (χ1v) is 10.4. The lowest BCUT2D eigenvalue weighted by Gasteiger charge is -2.38. The fourth-order valence-electron chi connectivity index (χ4n) is 4.28. The van der Waals surface area contributed by atoms with E-state index >= 15 is 0 Å². The van der Waals surface area contributed by atoms with Crippen LogP contribution >= 0.6 is 11.5 Å². The van der Waals surface area contributed by atoms with Gasteiger partial charge in [-0.1, -0.05) is 18.2 Å². The first kappa shape index (κ1) is 16.6. The first-order valence-electron chi connectivity index (χ1n) is 9.52. The number of likely N-dealkylation sites (tertiary alicyclic amines) is 1. The van der Waals surface area contributed by atoms with Crippen molar-refractivity contribution in [3.63, 3.8) is 0 Å². The molecular formula is C21H22N4OS. The number of amides is 2. The van der Waals surface area contributed by atoms with Crippen LogP contribution in [0.5, 0.6) is 0 Å². The largest absolute Gasteiger partial charge is 0.368 e. The van der Waals surface area contributed by atoms with Crippen LogP contribution in [0.2, 0.25) is 0 Å². The second-order valence-corrected chi connectivity index (χ2v) is 7.94. The lowest BCUT2D eigenvalue weighted by molar-refractivity contribution is 0.193. The number of anilines is 2. The van der Waals surface area contributed by atoms with Crippen molar-refractivity contribution in [2.24, 2.45) is 0 Å². The Kier molecular flexibility index (Phi) is 4.20. The molecule has 138 valence electrons. The molecule has 1 aromatic heterocycles. The van der Waals surface area contributed by atoms with Crippen molar-refractivity contribution in [3.05, 3.63) is 53.4 Å². The Hall–Kier alpha value is -2.60. The van der Waals surface area contributed by atoms with E-state index in [0.29, 0.717) is 6.04 Å². The van der Waals surface area contributed by atoms with Gasteiger partial charge in [-0.15, -0.1) is 0 Å². The average molecular weight is 379 g/mol. The Bertz CT molecular complexity index is 977. The van der Waals surface area contributed by atoms with E-state index in [2.05, 4.69) is 38.9 Å². The third-order valence-electron chi connectivity index (χ3n) is 5.73. The molecule has 0 atom stereocenters. The lowest BCUT2D eigenvalue weighted by atomic mass is 10.0. The molecule has 3 heterocycles. The molecule has 5 rings (SSSR count). The van der Waals surface area contributed by atoms with Gasteiger partial charge in [-0.05, 0) is 60.6 Å². The summed E-state index contributed by atoms with van der Waals surface area (Å²) >= 11 is 1.44. The zero-order chi connectivity index (χ0) is 18.2. The van der Waals surface area contributed by atoms with Crippen molar-refractivity contribution in [2.45, 2.75) is 25.3 Å². The van der Waals surface area contributed by atoms with Crippen molar-refractivity contribution < 1.29 is 4.79 Å². The van der Waals surface area contributed by atoms with Gasteiger partial charge < -0.3 is 15.1 Å². The Morgan fingerprint density at radius 3 is 2.85 bits per heavy atom. The number of nitrogens with one attached hydrogen (secondary N) is 1. The smallest absolute Gasteiger partial charge is 0.321 e. The first-order chi connectivity index (χ1) is 13.3. The maximum absolute atomic E-state index is 12.7. The number of fused-ring (bicyclic) bond motifs is 2. The van der Waals surface area contributed by atoms with Crippen molar-refractivity contribution in [3.8, 4) is 0 Å². The predicted molar refractivity (Wildman–Crippen MR) is 111 cm³/mol. The van der Waals surface area contributed by atoms with Gasteiger partial charge >= 0.3 is 6.03 Å². The van der Waals surface area contributed by atoms with Crippen LogP contribution < -0.4 is 10.2 Å². The van der Waals surface area contributed by atoms with Crippen LogP contribution in [0.1, 0.15) is 18.4 Å². The topological polar surface area (TPSA) is 48.5 Å². The molecule has 1 N–H and O–H groups in total. The number of urea groups is 1. The number of carbonyl (C=O) groups is 1. The van der Waals surface area contributed by atoms with Crippen molar-refractivity contribution in [1.29, 1.82) is 0 Å². The molecule has 0 bridgehead atoms. The van der Waals surface area contributed by atoms with E-state index in [0.717, 1.165) is 55.5 Å². The molecule has 0 spiro atoms. The molecule has 2 amide bonds. The quantitative estimate of drug-likeness (QED) is 0.721. The zero-order valence-corrected chi connectivity index (χ0v) is 15.9. The molecule has 2 aromatic carbocycles. The number of benzene rings is 2. The van der Waals surface area contributed by atoms with Gasteiger partial charge in [-0.25, -0.2) is 4.79 Å². The minimum atomic E-state index is -0.00203. The molecule has 0 saturated carbocycles. The number of aromatic nitrogens is 1. The van der Waals surface area contributed by atoms with Gasteiger partial charge in [-0.3, -0.25) is 0 Å². The number of hydrogen-bond acceptors (Lipinski definition) is 4. The highest BCUT2D eigenvalue weighted by Gasteiger charge is 2.30. The summed E-state index contributed by atoms with van der Waals surface area (Å²) in [5.74, 6) is 0. The monoisotopic (exact) mass is 378 g/mol. The highest BCUT2D eigenvalue weighted by Crippen LogP contribution is 2.32. The Balaban J connectivity index is 1.21. The average Bonchev–Trinajstić information content (AvgIpc) is 3.34. The second kappa shape index (κ2) is 6.85. The number of carbonyl (C=O) groups excluding carboxylic acids is 1. The lowest BCUT2D eigenvalue weighted by Crippen LogP contribution is -2.47. The van der Waals surface area contributed by atoms with Crippen LogP contribution in [-0.4, -0.2) is 41.0 Å². The van der Waals surface area contributed by atoms with Crippen molar-refractivity contribution in [2.75, 3.05) is 29.9 Å². The number of hydrogen-bond donors (Lipinski definition) is 1. The maximum Gasteiger partial charge on any atom is 0.321 e. The second-order valence-electron chi connectivity index (χ2n) is 7.31. The molecular weight excluding hydrogens is 356 g/mol. The normalized spacial score (nSPS) is 17.3. The molecule has 0 unspecified atom stereocenters. The number of nitrogens with zero attached hydrogens (tertiary/aromatic N) is 3. The van der Waals surface area contributed by atoms with Crippen LogP contribution in [0.4, 0.5) is 16.2 Å². The van der Waals surface area contributed by atoms with E-state index < -0.39 is 0 Å². The molecule has 6 heteroatoms. The van der Waals surface area contributed by atoms with E-state index in [1.807, 2.05) is 28.5 Å². The van der Waals surface area contributed by atoms with E-state index in [4.69, 9.17) is 0 Å². The molecule has 3 aromatic rings. The highest BCUT2D eigenvalue weighted by molar-refractivity contribution is 7.04. The molecule has 2 aliphatic heterocycles. The van der Waals surface area contributed by atoms with Gasteiger partial charge in [0, 0.05) is 47.8 Å². The molecule has 0 aliphatic carbocycles. The Labute approximate surface area is 162 Å². The van der Waals surface area contributed by atoms with Gasteiger partial charge in [0.2, 0.25) is 0 Å². The van der Waals surface area contributed by atoms with E-state index in [-0.39, 0.29) is 6.03 Å². The minimum absolute atomic E-state index is 0.00203. The zero-order valence-electron chi connectivity index (χ0n) is 15.1. The van der Waals surface area contributed by atoms with Crippen LogP contribution in [-0.2, 0) is 6.42 Å². The number of para-hydroxylation sites is 1. The summed E-state index contributed by atoms with van der Waals surface area (Å²) in [4.78, 5) is 17.1. The molecule has 5 nitrogen and oxygen atoms in total. The highest BCUT2D eigenvalue weighted by atomic mass is 32.1. The molecule has 0 radical (unpaired) electrons. The summed E-state index contributed by atoms with van der Waals surface area (Å²) in [6.07, 6.45) is 3.18. The predicted octanol–water partition coefficient (Wildman–Crippen LogP) is 4.36. The van der Waals surface area contributed by atoms with E-state index in [9.17, 15) is 4.79 Å². The van der Waals surface area contributed by atoms with Crippen molar-refractivity contribution >= 4 is 39.8 Å². The Morgan fingerprint density at radius 1 is 1.11 bits per heavy atom. The third-order valence-corrected chi connectivity index (χ3v) is 6.39. The third kappa shape index (κ3) is 3.14. The summed E-state index contributed by atoms with van der Waals surface area (Å²) in [6.45, 7) is 2.71. The standard InChI is InChI=1S/C21H22N4OS/c26-21(22-17-5-6-19-16(13-17)14-27-23-19)24-10-8-18(9-11-24)25-12-7-15-3-1-2-4-20(15)25/h1-6,13-14,18H,7-12H2,(H,22,26). The van der Waals surface area contributed by atoms with Crippen LogP contribution in [0, 0.1) is 0 Å². The summed E-state index contributed by atoms with van der Waals surface area (Å²) in [7, 11) is 0. The van der Waals surface area contributed by atoms with Crippen LogP contribution in [0.25, 0.3) is 10.9 Å². The molecule has 2 aliphatic rings. The molecule has 1 saturated heterocycles. The van der Waals surface area contributed by atoms with Gasteiger partial charge in [0.25, 0.3) is 0 Å². The molecule has 1 fully saturated rings. The van der Waals surface area contributed by atoms with Gasteiger partial charge in [0.05, 0.1) is 5.52 Å². The van der Waals surface area contributed by atoms with Gasteiger partial charge in [-0.2, -0.15) is 4.37 Å². The number of rotatable bonds is 2. The van der Waals surface area contributed by atoms with Crippen molar-refractivity contribution in [1.82, 2.24) is 9.27 Å². The summed E-state index contributed by atoms with van der Waals surface area (Å²) < 4.78 is 4.30. The summed E-state index contributed by atoms with van der Waals surface area (Å²) in [5, 5.41) is 6.12.